The molecule has 1 aliphatic rings. The van der Waals surface area contributed by atoms with E-state index in [2.05, 4.69) is 25.9 Å². The highest BCUT2D eigenvalue weighted by Crippen LogP contribution is 2.28. The number of nitrogens with one attached hydrogen (secondary N) is 3. The van der Waals surface area contributed by atoms with E-state index in [1.165, 1.54) is 6.20 Å². The van der Waals surface area contributed by atoms with E-state index >= 15 is 0 Å². The molecule has 8 heteroatoms. The molecule has 0 radical (unpaired) electrons. The Morgan fingerprint density at radius 2 is 1.89 bits per heavy atom. The largest absolute Gasteiger partial charge is 0.497 e. The predicted molar refractivity (Wildman–Crippen MR) is 107 cm³/mol. The zero-order valence-electron chi connectivity index (χ0n) is 16.5. The van der Waals surface area contributed by atoms with Crippen molar-refractivity contribution < 1.29 is 14.3 Å². The Morgan fingerprint density at radius 1 is 1.14 bits per heavy atom. The lowest BCUT2D eigenvalue weighted by molar-refractivity contribution is 0.0924. The maximum Gasteiger partial charge on any atom is 0.271 e. The first-order chi connectivity index (χ1) is 13.5. The predicted octanol–water partition coefficient (Wildman–Crippen LogP) is 2.50. The van der Waals surface area contributed by atoms with Gasteiger partial charge in [0.2, 0.25) is 0 Å². The van der Waals surface area contributed by atoms with Crippen molar-refractivity contribution in [2.75, 3.05) is 25.5 Å². The summed E-state index contributed by atoms with van der Waals surface area (Å²) in [7, 11) is 1.61. The van der Waals surface area contributed by atoms with Crippen LogP contribution in [0.4, 0.5) is 11.5 Å². The molecule has 1 aromatic carbocycles. The van der Waals surface area contributed by atoms with Crippen LogP contribution in [-0.4, -0.2) is 48.2 Å². The van der Waals surface area contributed by atoms with Gasteiger partial charge in [-0.15, -0.1) is 0 Å². The summed E-state index contributed by atoms with van der Waals surface area (Å²) >= 11 is 0. The molecule has 0 spiro atoms. The SMILES string of the molecule is COc1cc(Nc2cnc(C(=O)NC3CCNCC3)cn2)cc(OC(C)C)c1. The van der Waals surface area contributed by atoms with E-state index in [1.807, 2.05) is 32.0 Å². The minimum atomic E-state index is -0.194. The molecule has 0 saturated carbocycles. The average Bonchev–Trinajstić information content (AvgIpc) is 2.68. The Kier molecular flexibility index (Phi) is 6.65. The molecule has 28 heavy (non-hydrogen) atoms. The highest BCUT2D eigenvalue weighted by atomic mass is 16.5. The van der Waals surface area contributed by atoms with Crippen LogP contribution in [-0.2, 0) is 0 Å². The number of carbonyl (C=O) groups excluding carboxylic acids is 1. The number of methoxy groups -OCH3 is 1. The molecule has 3 N–H and O–H groups in total. The second-order valence-corrected chi connectivity index (χ2v) is 6.97. The van der Waals surface area contributed by atoms with Crippen molar-refractivity contribution in [3.63, 3.8) is 0 Å². The number of amides is 1. The summed E-state index contributed by atoms with van der Waals surface area (Å²) in [5, 5.41) is 9.45. The highest BCUT2D eigenvalue weighted by Gasteiger charge is 2.17. The normalized spacial score (nSPS) is 14.6. The first-order valence-corrected chi connectivity index (χ1v) is 9.50. The third-order valence-corrected chi connectivity index (χ3v) is 4.32. The second kappa shape index (κ2) is 9.36. The van der Waals surface area contributed by atoms with Gasteiger partial charge in [-0.05, 0) is 39.8 Å². The van der Waals surface area contributed by atoms with Crippen LogP contribution in [0.2, 0.25) is 0 Å². The molecule has 3 rings (SSSR count). The van der Waals surface area contributed by atoms with Gasteiger partial charge in [0.25, 0.3) is 5.91 Å². The van der Waals surface area contributed by atoms with E-state index < -0.39 is 0 Å². The van der Waals surface area contributed by atoms with Crippen molar-refractivity contribution in [2.24, 2.45) is 0 Å². The van der Waals surface area contributed by atoms with Gasteiger partial charge >= 0.3 is 0 Å². The quantitative estimate of drug-likeness (QED) is 0.674. The maximum atomic E-state index is 12.3. The van der Waals surface area contributed by atoms with Crippen molar-refractivity contribution >= 4 is 17.4 Å². The standard InChI is InChI=1S/C20H27N5O3/c1-13(2)28-17-9-15(8-16(10-17)27-3)24-19-12-22-18(11-23-19)20(26)25-14-4-6-21-7-5-14/h8-14,21H,4-7H2,1-3H3,(H,23,24)(H,25,26). The van der Waals surface area contributed by atoms with Gasteiger partial charge in [-0.2, -0.15) is 0 Å². The average molecular weight is 385 g/mol. The monoisotopic (exact) mass is 385 g/mol. The molecule has 1 aliphatic heterocycles. The molecular formula is C20H27N5O3. The van der Waals surface area contributed by atoms with Gasteiger partial charge in [0.15, 0.2) is 0 Å². The molecular weight excluding hydrogens is 358 g/mol. The van der Waals surface area contributed by atoms with Crippen molar-refractivity contribution in [1.29, 1.82) is 0 Å². The molecule has 0 aliphatic carbocycles. The topological polar surface area (TPSA) is 97.4 Å². The number of benzene rings is 1. The van der Waals surface area contributed by atoms with Gasteiger partial charge in [0.05, 0.1) is 25.6 Å². The number of hydrogen-bond donors (Lipinski definition) is 3. The van der Waals surface area contributed by atoms with Crippen molar-refractivity contribution in [1.82, 2.24) is 20.6 Å². The van der Waals surface area contributed by atoms with E-state index in [-0.39, 0.29) is 18.1 Å². The number of anilines is 2. The van der Waals surface area contributed by atoms with Gasteiger partial charge in [-0.1, -0.05) is 0 Å². The van der Waals surface area contributed by atoms with Gasteiger partial charge in [0.1, 0.15) is 23.0 Å². The molecule has 2 aromatic rings. The minimum absolute atomic E-state index is 0.0532. The molecule has 2 heterocycles. The van der Waals surface area contributed by atoms with E-state index in [4.69, 9.17) is 9.47 Å². The van der Waals surface area contributed by atoms with E-state index in [0.717, 1.165) is 31.6 Å². The number of piperidine rings is 1. The maximum absolute atomic E-state index is 12.3. The van der Waals surface area contributed by atoms with Crippen LogP contribution in [0.1, 0.15) is 37.2 Å². The first-order valence-electron chi connectivity index (χ1n) is 9.50. The molecule has 1 aromatic heterocycles. The van der Waals surface area contributed by atoms with E-state index in [1.54, 1.807) is 13.3 Å². The molecule has 150 valence electrons. The lowest BCUT2D eigenvalue weighted by atomic mass is 10.1. The molecule has 0 unspecified atom stereocenters. The Morgan fingerprint density at radius 3 is 2.54 bits per heavy atom. The number of rotatable bonds is 7. The Labute approximate surface area is 165 Å². The number of carbonyl (C=O) groups is 1. The Balaban J connectivity index is 1.65. The summed E-state index contributed by atoms with van der Waals surface area (Å²) in [5.41, 5.74) is 1.06. The highest BCUT2D eigenvalue weighted by molar-refractivity contribution is 5.92. The number of hydrogen-bond acceptors (Lipinski definition) is 7. The summed E-state index contributed by atoms with van der Waals surface area (Å²) in [6.07, 6.45) is 4.92. The zero-order valence-corrected chi connectivity index (χ0v) is 16.5. The first kappa shape index (κ1) is 19.9. The van der Waals surface area contributed by atoms with Crippen LogP contribution >= 0.6 is 0 Å². The van der Waals surface area contributed by atoms with Crippen LogP contribution in [0.5, 0.6) is 11.5 Å². The summed E-state index contributed by atoms with van der Waals surface area (Å²) in [6.45, 7) is 5.77. The Bertz CT molecular complexity index is 789. The lowest BCUT2D eigenvalue weighted by Crippen LogP contribution is -2.42. The molecule has 0 bridgehead atoms. The van der Waals surface area contributed by atoms with Crippen LogP contribution in [0.3, 0.4) is 0 Å². The third-order valence-electron chi connectivity index (χ3n) is 4.32. The lowest BCUT2D eigenvalue weighted by Gasteiger charge is -2.23. The van der Waals surface area contributed by atoms with Crippen molar-refractivity contribution in [3.05, 3.63) is 36.3 Å². The summed E-state index contributed by atoms with van der Waals surface area (Å²) in [4.78, 5) is 20.9. The molecule has 0 atom stereocenters. The molecule has 1 amide bonds. The van der Waals surface area contributed by atoms with Crippen LogP contribution in [0.25, 0.3) is 0 Å². The van der Waals surface area contributed by atoms with E-state index in [0.29, 0.717) is 23.0 Å². The number of ether oxygens (including phenoxy) is 2. The summed E-state index contributed by atoms with van der Waals surface area (Å²) in [5.74, 6) is 1.71. The summed E-state index contributed by atoms with van der Waals surface area (Å²) < 4.78 is 11.1. The fourth-order valence-electron chi connectivity index (χ4n) is 2.99. The smallest absolute Gasteiger partial charge is 0.271 e. The van der Waals surface area contributed by atoms with E-state index in [9.17, 15) is 4.79 Å². The number of nitrogens with zero attached hydrogens (tertiary/aromatic N) is 2. The van der Waals surface area contributed by atoms with Crippen molar-refractivity contribution in [3.8, 4) is 11.5 Å². The molecule has 8 nitrogen and oxygen atoms in total. The zero-order chi connectivity index (χ0) is 19.9. The van der Waals surface area contributed by atoms with Crippen LogP contribution in [0.15, 0.2) is 30.6 Å². The van der Waals surface area contributed by atoms with Gasteiger partial charge in [-0.25, -0.2) is 9.97 Å². The van der Waals surface area contributed by atoms with Gasteiger partial charge in [-0.3, -0.25) is 4.79 Å². The van der Waals surface area contributed by atoms with Gasteiger partial charge < -0.3 is 25.4 Å². The molecule has 1 saturated heterocycles. The van der Waals surface area contributed by atoms with Crippen molar-refractivity contribution in [2.45, 2.75) is 38.8 Å². The minimum Gasteiger partial charge on any atom is -0.497 e. The number of aromatic nitrogens is 2. The third kappa shape index (κ3) is 5.56. The second-order valence-electron chi connectivity index (χ2n) is 6.97. The van der Waals surface area contributed by atoms with Crippen LogP contribution < -0.4 is 25.4 Å². The molecule has 1 fully saturated rings. The fraction of sp³-hybridized carbons (Fsp3) is 0.450. The fourth-order valence-corrected chi connectivity index (χ4v) is 2.99. The van der Waals surface area contributed by atoms with Crippen LogP contribution in [0, 0.1) is 0 Å². The Hall–Kier alpha value is -2.87. The summed E-state index contributed by atoms with van der Waals surface area (Å²) in [6, 6.07) is 5.71. The van der Waals surface area contributed by atoms with Gasteiger partial charge in [0, 0.05) is 29.9 Å².